The van der Waals surface area contributed by atoms with Gasteiger partial charge in [0.05, 0.1) is 17.6 Å². The lowest BCUT2D eigenvalue weighted by Gasteiger charge is -2.15. The molecule has 130 valence electrons. The van der Waals surface area contributed by atoms with Gasteiger partial charge in [0.15, 0.2) is 5.43 Å². The number of nitrogens with zero attached hydrogens (tertiary/aromatic N) is 1. The largest absolute Gasteiger partial charge is 0.494 e. The summed E-state index contributed by atoms with van der Waals surface area (Å²) in [7, 11) is 0. The van der Waals surface area contributed by atoms with Crippen LogP contribution in [0.4, 0.5) is 0 Å². The minimum atomic E-state index is 0.0230. The second-order valence-electron chi connectivity index (χ2n) is 6.17. The third-order valence-corrected chi connectivity index (χ3v) is 4.71. The molecule has 0 aliphatic heterocycles. The van der Waals surface area contributed by atoms with E-state index in [1.807, 2.05) is 66.7 Å². The van der Waals surface area contributed by atoms with Crippen LogP contribution in [-0.4, -0.2) is 11.2 Å². The van der Waals surface area contributed by atoms with Crippen molar-refractivity contribution in [3.63, 3.8) is 0 Å². The molecule has 0 aliphatic rings. The van der Waals surface area contributed by atoms with E-state index in [0.29, 0.717) is 22.4 Å². The Hall–Kier alpha value is -2.78. The highest BCUT2D eigenvalue weighted by Gasteiger charge is 2.10. The number of pyridine rings is 1. The van der Waals surface area contributed by atoms with Gasteiger partial charge in [-0.05, 0) is 48.9 Å². The molecule has 0 N–H and O–H groups in total. The number of benzene rings is 3. The van der Waals surface area contributed by atoms with E-state index >= 15 is 0 Å². The predicted molar refractivity (Wildman–Crippen MR) is 107 cm³/mol. The van der Waals surface area contributed by atoms with Gasteiger partial charge in [-0.15, -0.1) is 0 Å². The SMILES string of the molecule is O=c1c2ccccc2n(CCCOc2ccccc2)c2ccc(Cl)cc12. The number of fused-ring (bicyclic) bond motifs is 2. The van der Waals surface area contributed by atoms with E-state index < -0.39 is 0 Å². The molecule has 0 fully saturated rings. The summed E-state index contributed by atoms with van der Waals surface area (Å²) in [4.78, 5) is 12.8. The highest BCUT2D eigenvalue weighted by Crippen LogP contribution is 2.22. The molecule has 4 heteroatoms. The minimum Gasteiger partial charge on any atom is -0.494 e. The van der Waals surface area contributed by atoms with Crippen LogP contribution >= 0.6 is 11.6 Å². The van der Waals surface area contributed by atoms with Crippen molar-refractivity contribution in [3.8, 4) is 5.75 Å². The van der Waals surface area contributed by atoms with E-state index in [1.54, 1.807) is 6.07 Å². The number of aromatic nitrogens is 1. The smallest absolute Gasteiger partial charge is 0.197 e. The van der Waals surface area contributed by atoms with E-state index in [0.717, 1.165) is 29.7 Å². The molecule has 0 saturated carbocycles. The maximum absolute atomic E-state index is 12.8. The first-order valence-electron chi connectivity index (χ1n) is 8.63. The molecule has 0 radical (unpaired) electrons. The Bertz CT molecular complexity index is 1120. The summed E-state index contributed by atoms with van der Waals surface area (Å²) in [6, 6.07) is 23.0. The summed E-state index contributed by atoms with van der Waals surface area (Å²) in [6.45, 7) is 1.37. The van der Waals surface area contributed by atoms with Gasteiger partial charge in [0, 0.05) is 22.3 Å². The number of aryl methyl sites for hydroxylation is 1. The van der Waals surface area contributed by atoms with Gasteiger partial charge < -0.3 is 9.30 Å². The minimum absolute atomic E-state index is 0.0230. The second-order valence-corrected chi connectivity index (χ2v) is 6.61. The molecule has 4 aromatic rings. The van der Waals surface area contributed by atoms with Gasteiger partial charge in [0.2, 0.25) is 0 Å². The van der Waals surface area contributed by atoms with Crippen LogP contribution in [0.25, 0.3) is 21.8 Å². The molecule has 1 heterocycles. The summed E-state index contributed by atoms with van der Waals surface area (Å²) in [5.74, 6) is 0.869. The molecule has 0 unspecified atom stereocenters. The van der Waals surface area contributed by atoms with Crippen molar-refractivity contribution in [3.05, 3.63) is 88.0 Å². The molecule has 0 atom stereocenters. The molecule has 0 aliphatic carbocycles. The highest BCUT2D eigenvalue weighted by molar-refractivity contribution is 6.31. The van der Waals surface area contributed by atoms with Gasteiger partial charge in [-0.3, -0.25) is 4.79 Å². The lowest BCUT2D eigenvalue weighted by atomic mass is 10.1. The standard InChI is InChI=1S/C22H18ClNO2/c23-16-11-12-21-19(15-16)22(25)18-9-4-5-10-20(18)24(21)13-6-14-26-17-7-2-1-3-8-17/h1-5,7-12,15H,6,13-14H2. The van der Waals surface area contributed by atoms with Crippen molar-refractivity contribution in [2.75, 3.05) is 6.61 Å². The average Bonchev–Trinajstić information content (AvgIpc) is 2.68. The summed E-state index contributed by atoms with van der Waals surface area (Å²) in [5, 5.41) is 1.94. The van der Waals surface area contributed by atoms with Crippen LogP contribution in [0.15, 0.2) is 77.6 Å². The first-order valence-corrected chi connectivity index (χ1v) is 9.00. The molecule has 3 nitrogen and oxygen atoms in total. The molecule has 0 amide bonds. The van der Waals surface area contributed by atoms with Crippen LogP contribution in [-0.2, 0) is 6.54 Å². The molecule has 3 aromatic carbocycles. The summed E-state index contributed by atoms with van der Waals surface area (Å²) >= 11 is 6.12. The van der Waals surface area contributed by atoms with Gasteiger partial charge >= 0.3 is 0 Å². The maximum atomic E-state index is 12.8. The van der Waals surface area contributed by atoms with Crippen LogP contribution < -0.4 is 10.2 Å². The van der Waals surface area contributed by atoms with Crippen LogP contribution in [0.2, 0.25) is 5.02 Å². The van der Waals surface area contributed by atoms with Crippen molar-refractivity contribution < 1.29 is 4.74 Å². The molecule has 0 spiro atoms. The van der Waals surface area contributed by atoms with E-state index in [4.69, 9.17) is 16.3 Å². The maximum Gasteiger partial charge on any atom is 0.197 e. The summed E-state index contributed by atoms with van der Waals surface area (Å²) in [5.41, 5.74) is 1.86. The van der Waals surface area contributed by atoms with Crippen LogP contribution in [0.3, 0.4) is 0 Å². The topological polar surface area (TPSA) is 31.2 Å². The van der Waals surface area contributed by atoms with Crippen LogP contribution in [0, 0.1) is 0 Å². The monoisotopic (exact) mass is 363 g/mol. The number of para-hydroxylation sites is 2. The predicted octanol–water partition coefficient (Wildman–Crippen LogP) is 5.28. The van der Waals surface area contributed by atoms with Crippen molar-refractivity contribution in [2.45, 2.75) is 13.0 Å². The van der Waals surface area contributed by atoms with E-state index in [2.05, 4.69) is 4.57 Å². The molecule has 26 heavy (non-hydrogen) atoms. The fourth-order valence-corrected chi connectivity index (χ4v) is 3.44. The van der Waals surface area contributed by atoms with Crippen molar-refractivity contribution >= 4 is 33.4 Å². The van der Waals surface area contributed by atoms with Crippen LogP contribution in [0.5, 0.6) is 5.75 Å². The zero-order valence-corrected chi connectivity index (χ0v) is 14.9. The van der Waals surface area contributed by atoms with E-state index in [-0.39, 0.29) is 5.43 Å². The first kappa shape index (κ1) is 16.7. The second kappa shape index (κ2) is 7.22. The lowest BCUT2D eigenvalue weighted by molar-refractivity contribution is 0.303. The molecule has 4 rings (SSSR count). The van der Waals surface area contributed by atoms with Crippen LogP contribution in [0.1, 0.15) is 6.42 Å². The van der Waals surface area contributed by atoms with Gasteiger partial charge in [-0.25, -0.2) is 0 Å². The third kappa shape index (κ3) is 3.18. The van der Waals surface area contributed by atoms with Gasteiger partial charge in [0.1, 0.15) is 5.75 Å². The van der Waals surface area contributed by atoms with Gasteiger partial charge in [0.25, 0.3) is 0 Å². The van der Waals surface area contributed by atoms with E-state index in [1.165, 1.54) is 0 Å². The highest BCUT2D eigenvalue weighted by atomic mass is 35.5. The Morgan fingerprint density at radius 1 is 0.846 bits per heavy atom. The van der Waals surface area contributed by atoms with Gasteiger partial charge in [-0.2, -0.15) is 0 Å². The molecular weight excluding hydrogens is 346 g/mol. The number of halogens is 1. The fraction of sp³-hybridized carbons (Fsp3) is 0.136. The normalized spacial score (nSPS) is 11.1. The van der Waals surface area contributed by atoms with Gasteiger partial charge in [-0.1, -0.05) is 41.9 Å². The Labute approximate surface area is 156 Å². The zero-order chi connectivity index (χ0) is 17.9. The van der Waals surface area contributed by atoms with Crippen molar-refractivity contribution in [2.24, 2.45) is 0 Å². The Balaban J connectivity index is 1.68. The number of rotatable bonds is 5. The summed E-state index contributed by atoms with van der Waals surface area (Å²) in [6.07, 6.45) is 0.833. The van der Waals surface area contributed by atoms with Crippen molar-refractivity contribution in [1.29, 1.82) is 0 Å². The Morgan fingerprint density at radius 3 is 2.42 bits per heavy atom. The third-order valence-electron chi connectivity index (χ3n) is 4.47. The zero-order valence-electron chi connectivity index (χ0n) is 14.2. The number of hydrogen-bond donors (Lipinski definition) is 0. The quantitative estimate of drug-likeness (QED) is 0.357. The Kier molecular flexibility index (Phi) is 4.63. The number of ether oxygens (including phenoxy) is 1. The fourth-order valence-electron chi connectivity index (χ4n) is 3.27. The lowest BCUT2D eigenvalue weighted by Crippen LogP contribution is -2.13. The molecule has 0 saturated heterocycles. The van der Waals surface area contributed by atoms with E-state index in [9.17, 15) is 4.79 Å². The summed E-state index contributed by atoms with van der Waals surface area (Å²) < 4.78 is 7.98. The average molecular weight is 364 g/mol. The molecule has 0 bridgehead atoms. The Morgan fingerprint density at radius 2 is 1.58 bits per heavy atom. The van der Waals surface area contributed by atoms with Crippen molar-refractivity contribution in [1.82, 2.24) is 4.57 Å². The first-order chi connectivity index (χ1) is 12.7. The molecular formula is C22H18ClNO2. The molecule has 1 aromatic heterocycles. The number of hydrogen-bond acceptors (Lipinski definition) is 2.